The van der Waals surface area contributed by atoms with Crippen molar-refractivity contribution in [3.63, 3.8) is 0 Å². The summed E-state index contributed by atoms with van der Waals surface area (Å²) < 4.78 is 1.24. The Morgan fingerprint density at radius 3 is 1.25 bits per heavy atom. The first kappa shape index (κ1) is 35.3. The minimum atomic E-state index is 0.444. The van der Waals surface area contributed by atoms with E-state index in [4.69, 9.17) is 5.73 Å². The van der Waals surface area contributed by atoms with E-state index in [-0.39, 0.29) is 0 Å². The molecule has 8 saturated carbocycles. The van der Waals surface area contributed by atoms with Crippen LogP contribution in [0.1, 0.15) is 88.2 Å². The molecule has 0 saturated heterocycles. The number of hydrogen-bond acceptors (Lipinski definition) is 2. The largest absolute Gasteiger partial charge is 0.399 e. The van der Waals surface area contributed by atoms with E-state index in [1.807, 2.05) is 30.3 Å². The molecule has 8 aliphatic carbocycles. The van der Waals surface area contributed by atoms with Gasteiger partial charge in [-0.15, -0.1) is 0 Å². The van der Waals surface area contributed by atoms with Crippen LogP contribution in [0.5, 0.6) is 0 Å². The molecule has 0 atom stereocenters. The number of nitrogen functional groups attached to an aromatic ring is 1. The fraction of sp³-hybridized carbons (Fsp3) is 0.385. The Balaban J connectivity index is 0.000000118. The monoisotopic (exact) mass is 786 g/mol. The average molecular weight is 788 g/mol. The first-order valence-electron chi connectivity index (χ1n) is 21.2. The highest BCUT2D eigenvalue weighted by molar-refractivity contribution is 9.10. The number of nitrogens with one attached hydrogen (secondary N) is 1. The summed E-state index contributed by atoms with van der Waals surface area (Å²) in [5.74, 6) is 5.99. The maximum Gasteiger partial charge on any atom is 0.0464 e. The second-order valence-electron chi connectivity index (χ2n) is 18.6. The summed E-state index contributed by atoms with van der Waals surface area (Å²) in [6.07, 6.45) is 17.7. The molecule has 0 heterocycles. The molecular weight excluding hydrogens is 732 g/mol. The highest BCUT2D eigenvalue weighted by atomic mass is 79.9. The lowest BCUT2D eigenvalue weighted by Gasteiger charge is -2.57. The van der Waals surface area contributed by atoms with Crippen molar-refractivity contribution in [1.29, 1.82) is 0 Å². The SMILES string of the molecule is Brc1ccc(C23CC4CC(CC(C4)C2)C3)c2ccccc12.Nc1ccccc1.c1ccc(Nc2ccc(C34CC5CC(CC(C5)C3)C4)c3ccccc23)cc1. The van der Waals surface area contributed by atoms with Crippen LogP contribution < -0.4 is 11.1 Å². The van der Waals surface area contributed by atoms with Gasteiger partial charge >= 0.3 is 0 Å². The van der Waals surface area contributed by atoms with Crippen LogP contribution in [0.25, 0.3) is 21.5 Å². The fourth-order valence-electron chi connectivity index (χ4n) is 13.6. The summed E-state index contributed by atoms with van der Waals surface area (Å²) in [6, 6.07) is 47.6. The summed E-state index contributed by atoms with van der Waals surface area (Å²) in [5.41, 5.74) is 12.8. The lowest BCUT2D eigenvalue weighted by Crippen LogP contribution is -2.48. The summed E-state index contributed by atoms with van der Waals surface area (Å²) in [6.45, 7) is 0. The lowest BCUT2D eigenvalue weighted by atomic mass is 9.47. The predicted octanol–water partition coefficient (Wildman–Crippen LogP) is 14.4. The van der Waals surface area contributed by atoms with Crippen LogP contribution in [-0.4, -0.2) is 0 Å². The van der Waals surface area contributed by atoms with Crippen molar-refractivity contribution in [2.75, 3.05) is 11.1 Å². The number of benzene rings is 6. The molecule has 6 aromatic rings. The van der Waals surface area contributed by atoms with Crippen LogP contribution in [0, 0.1) is 35.5 Å². The number of hydrogen-bond donors (Lipinski definition) is 2. The van der Waals surface area contributed by atoms with E-state index in [2.05, 4.69) is 124 Å². The van der Waals surface area contributed by atoms with Gasteiger partial charge in [0.1, 0.15) is 0 Å². The van der Waals surface area contributed by atoms with Gasteiger partial charge < -0.3 is 11.1 Å². The molecule has 8 aliphatic rings. The first-order chi connectivity index (χ1) is 26.9. The molecule has 0 aromatic heterocycles. The second kappa shape index (κ2) is 14.5. The number of para-hydroxylation sites is 2. The van der Waals surface area contributed by atoms with E-state index < -0.39 is 0 Å². The van der Waals surface area contributed by atoms with Gasteiger partial charge in [-0.25, -0.2) is 0 Å². The zero-order valence-electron chi connectivity index (χ0n) is 32.1. The Hall–Kier alpha value is -4.08. The van der Waals surface area contributed by atoms with E-state index >= 15 is 0 Å². The van der Waals surface area contributed by atoms with Gasteiger partial charge in [-0.3, -0.25) is 0 Å². The first-order valence-corrected chi connectivity index (χ1v) is 22.0. The Morgan fingerprint density at radius 2 is 0.800 bits per heavy atom. The number of halogens is 1. The van der Waals surface area contributed by atoms with Gasteiger partial charge in [0, 0.05) is 26.9 Å². The van der Waals surface area contributed by atoms with Crippen LogP contribution in [-0.2, 0) is 10.8 Å². The summed E-state index contributed by atoms with van der Waals surface area (Å²) >= 11 is 3.74. The molecule has 3 heteroatoms. The molecule has 3 N–H and O–H groups in total. The maximum atomic E-state index is 5.36. The van der Waals surface area contributed by atoms with E-state index in [0.717, 1.165) is 46.9 Å². The lowest BCUT2D eigenvalue weighted by molar-refractivity contribution is -0.00462. The molecule has 8 bridgehead atoms. The Labute approximate surface area is 336 Å². The van der Waals surface area contributed by atoms with Gasteiger partial charge in [0.2, 0.25) is 0 Å². The standard InChI is InChI=1S/C26H27N.C20H21Br.C6H7N/c1-2-6-21(7-3-1)27-25-11-10-24(22-8-4-5-9-23(22)25)26-15-18-12-19(16-26)14-20(13-18)17-26;21-19-6-5-18(16-3-1-2-4-17(16)19)20-10-13-7-14(11-20)9-15(8-13)12-20;7-6-4-2-1-3-5-6/h1-11,18-20,27H,12-17H2;1-6,13-15H,7-12H2;1-5H,7H2. The molecule has 0 unspecified atom stereocenters. The van der Waals surface area contributed by atoms with Crippen molar-refractivity contribution >= 4 is 54.5 Å². The summed E-state index contributed by atoms with van der Waals surface area (Å²) in [5, 5.41) is 9.38. The summed E-state index contributed by atoms with van der Waals surface area (Å²) in [7, 11) is 0. The van der Waals surface area contributed by atoms with Gasteiger partial charge in [0.15, 0.2) is 0 Å². The van der Waals surface area contributed by atoms with E-state index in [1.54, 1.807) is 11.1 Å². The molecular formula is C52H55BrN2. The highest BCUT2D eigenvalue weighted by Crippen LogP contribution is 2.63. The minimum Gasteiger partial charge on any atom is -0.399 e. The third-order valence-corrected chi connectivity index (χ3v) is 15.6. The molecule has 14 rings (SSSR count). The van der Waals surface area contributed by atoms with E-state index in [1.165, 1.54) is 109 Å². The minimum absolute atomic E-state index is 0.444. The molecule has 0 amide bonds. The zero-order chi connectivity index (χ0) is 37.0. The van der Waals surface area contributed by atoms with Crippen molar-refractivity contribution in [1.82, 2.24) is 0 Å². The number of nitrogens with two attached hydrogens (primary N) is 1. The Bertz CT molecular complexity index is 2220. The van der Waals surface area contributed by atoms with Crippen LogP contribution in [0.15, 0.2) is 138 Å². The molecule has 0 spiro atoms. The topological polar surface area (TPSA) is 38.0 Å². The van der Waals surface area contributed by atoms with Crippen molar-refractivity contribution in [2.45, 2.75) is 87.9 Å². The van der Waals surface area contributed by atoms with Crippen molar-refractivity contribution in [2.24, 2.45) is 35.5 Å². The third kappa shape index (κ3) is 6.79. The highest BCUT2D eigenvalue weighted by Gasteiger charge is 2.53. The van der Waals surface area contributed by atoms with Gasteiger partial charge in [-0.2, -0.15) is 0 Å². The molecule has 55 heavy (non-hydrogen) atoms. The quantitative estimate of drug-likeness (QED) is 0.175. The second-order valence-corrected chi connectivity index (χ2v) is 19.5. The summed E-state index contributed by atoms with van der Waals surface area (Å²) in [4.78, 5) is 0. The number of anilines is 3. The zero-order valence-corrected chi connectivity index (χ0v) is 33.7. The van der Waals surface area contributed by atoms with Crippen LogP contribution >= 0.6 is 15.9 Å². The van der Waals surface area contributed by atoms with Crippen LogP contribution in [0.2, 0.25) is 0 Å². The molecule has 0 aliphatic heterocycles. The van der Waals surface area contributed by atoms with Gasteiger partial charge in [-0.1, -0.05) is 113 Å². The van der Waals surface area contributed by atoms with Crippen LogP contribution in [0.3, 0.4) is 0 Å². The average Bonchev–Trinajstić information content (AvgIpc) is 3.18. The van der Waals surface area contributed by atoms with Crippen molar-refractivity contribution in [3.8, 4) is 0 Å². The maximum absolute atomic E-state index is 5.36. The van der Waals surface area contributed by atoms with Crippen molar-refractivity contribution in [3.05, 3.63) is 149 Å². The number of fused-ring (bicyclic) bond motifs is 2. The molecule has 8 fully saturated rings. The van der Waals surface area contributed by atoms with Crippen molar-refractivity contribution < 1.29 is 0 Å². The normalized spacial score (nSPS) is 30.7. The number of rotatable bonds is 4. The molecule has 2 nitrogen and oxygen atoms in total. The molecule has 6 aromatic carbocycles. The smallest absolute Gasteiger partial charge is 0.0464 e. The van der Waals surface area contributed by atoms with E-state index in [9.17, 15) is 0 Å². The van der Waals surface area contributed by atoms with Crippen LogP contribution in [0.4, 0.5) is 17.1 Å². The third-order valence-electron chi connectivity index (χ3n) is 14.9. The molecule has 0 radical (unpaired) electrons. The van der Waals surface area contributed by atoms with Gasteiger partial charge in [0.25, 0.3) is 0 Å². The Morgan fingerprint density at radius 1 is 0.418 bits per heavy atom. The Kier molecular flexibility index (Phi) is 9.29. The fourth-order valence-corrected chi connectivity index (χ4v) is 14.1. The van der Waals surface area contributed by atoms with Gasteiger partial charge in [-0.05, 0) is 187 Å². The van der Waals surface area contributed by atoms with E-state index in [0.29, 0.717) is 10.8 Å². The predicted molar refractivity (Wildman–Crippen MR) is 236 cm³/mol. The van der Waals surface area contributed by atoms with Gasteiger partial charge in [0.05, 0.1) is 0 Å². The molecule has 280 valence electrons.